The minimum atomic E-state index is -0.925. The second-order valence-corrected chi connectivity index (χ2v) is 3.29. The molecule has 74 valence electrons. The van der Waals surface area contributed by atoms with E-state index in [9.17, 15) is 4.79 Å². The van der Waals surface area contributed by atoms with E-state index in [-0.39, 0.29) is 0 Å². The molecule has 0 aliphatic carbocycles. The lowest BCUT2D eigenvalue weighted by Crippen LogP contribution is -2.29. The van der Waals surface area contributed by atoms with Crippen LogP contribution in [-0.2, 0) is 4.79 Å². The summed E-state index contributed by atoms with van der Waals surface area (Å²) in [6.45, 7) is 1.99. The number of nitrogens with one attached hydrogen (secondary N) is 1. The summed E-state index contributed by atoms with van der Waals surface area (Å²) < 4.78 is 0. The van der Waals surface area contributed by atoms with Crippen molar-refractivity contribution in [3.63, 3.8) is 0 Å². The van der Waals surface area contributed by atoms with E-state index in [2.05, 4.69) is 5.32 Å². The van der Waals surface area contributed by atoms with Crippen molar-refractivity contribution in [2.24, 2.45) is 5.73 Å². The molecule has 0 unspecified atom stereocenters. The Morgan fingerprint density at radius 1 is 1.62 bits per heavy atom. The highest BCUT2D eigenvalue weighted by Crippen LogP contribution is 2.11. The highest BCUT2D eigenvalue weighted by molar-refractivity contribution is 5.73. The Balaban J connectivity index is 2.33. The Hall–Kier alpha value is -0.870. The molecule has 0 aromatic heterocycles. The molecule has 4 heteroatoms. The Labute approximate surface area is 77.8 Å². The van der Waals surface area contributed by atoms with Crippen molar-refractivity contribution in [2.45, 2.75) is 25.3 Å². The van der Waals surface area contributed by atoms with Gasteiger partial charge in [-0.05, 0) is 32.4 Å². The van der Waals surface area contributed by atoms with E-state index < -0.39 is 12.0 Å². The van der Waals surface area contributed by atoms with Crippen LogP contribution in [0.15, 0.2) is 11.6 Å². The highest BCUT2D eigenvalue weighted by Gasteiger charge is 2.10. The van der Waals surface area contributed by atoms with Crippen LogP contribution in [0.1, 0.15) is 19.3 Å². The van der Waals surface area contributed by atoms with Gasteiger partial charge in [0.05, 0.1) is 0 Å². The van der Waals surface area contributed by atoms with Crippen LogP contribution in [0, 0.1) is 0 Å². The predicted molar refractivity (Wildman–Crippen MR) is 50.4 cm³/mol. The third-order valence-corrected chi connectivity index (χ3v) is 2.22. The van der Waals surface area contributed by atoms with Crippen molar-refractivity contribution in [2.75, 3.05) is 13.1 Å². The first kappa shape index (κ1) is 10.2. The average Bonchev–Trinajstić information content (AvgIpc) is 2.15. The first-order valence-corrected chi connectivity index (χ1v) is 4.57. The number of hydrogen-bond donors (Lipinski definition) is 3. The second kappa shape index (κ2) is 4.99. The van der Waals surface area contributed by atoms with Crippen molar-refractivity contribution in [3.8, 4) is 0 Å². The zero-order valence-electron chi connectivity index (χ0n) is 7.62. The number of carboxylic acids is 1. The van der Waals surface area contributed by atoms with Gasteiger partial charge < -0.3 is 16.2 Å². The maximum atomic E-state index is 10.4. The lowest BCUT2D eigenvalue weighted by Gasteiger charge is -2.15. The van der Waals surface area contributed by atoms with Crippen LogP contribution in [0.5, 0.6) is 0 Å². The number of piperidine rings is 1. The van der Waals surface area contributed by atoms with Gasteiger partial charge in [-0.15, -0.1) is 0 Å². The largest absolute Gasteiger partial charge is 0.480 e. The van der Waals surface area contributed by atoms with Gasteiger partial charge in [0, 0.05) is 0 Å². The van der Waals surface area contributed by atoms with Crippen molar-refractivity contribution in [3.05, 3.63) is 11.6 Å². The average molecular weight is 184 g/mol. The first-order valence-electron chi connectivity index (χ1n) is 4.57. The van der Waals surface area contributed by atoms with E-state index in [0.717, 1.165) is 25.9 Å². The molecule has 1 aliphatic rings. The van der Waals surface area contributed by atoms with Gasteiger partial charge in [0.25, 0.3) is 0 Å². The lowest BCUT2D eigenvalue weighted by molar-refractivity contribution is -0.138. The fraction of sp³-hybridized carbons (Fsp3) is 0.667. The van der Waals surface area contributed by atoms with E-state index in [1.807, 2.05) is 6.08 Å². The van der Waals surface area contributed by atoms with Gasteiger partial charge in [-0.2, -0.15) is 0 Å². The fourth-order valence-corrected chi connectivity index (χ4v) is 1.35. The molecule has 0 radical (unpaired) electrons. The van der Waals surface area contributed by atoms with Gasteiger partial charge in [-0.3, -0.25) is 4.79 Å². The summed E-state index contributed by atoms with van der Waals surface area (Å²) >= 11 is 0. The van der Waals surface area contributed by atoms with Crippen molar-refractivity contribution in [1.29, 1.82) is 0 Å². The van der Waals surface area contributed by atoms with Crippen molar-refractivity contribution < 1.29 is 9.90 Å². The lowest BCUT2D eigenvalue weighted by atomic mass is 10.0. The van der Waals surface area contributed by atoms with Gasteiger partial charge >= 0.3 is 5.97 Å². The fourth-order valence-electron chi connectivity index (χ4n) is 1.35. The Morgan fingerprint density at radius 3 is 2.77 bits per heavy atom. The normalized spacial score (nSPS) is 19.6. The molecule has 0 spiro atoms. The molecule has 1 aliphatic heterocycles. The molecule has 0 amide bonds. The second-order valence-electron chi connectivity index (χ2n) is 3.29. The summed E-state index contributed by atoms with van der Waals surface area (Å²) in [5.41, 5.74) is 6.70. The number of carboxylic acid groups (broad SMARTS) is 1. The standard InChI is InChI=1S/C9H16N2O2/c10-8(9(12)13)2-1-7-3-5-11-6-4-7/h1,8,11H,2-6,10H2,(H,12,13)/t8-/m1/s1. The number of nitrogens with two attached hydrogens (primary N) is 1. The number of aliphatic carboxylic acids is 1. The number of hydrogen-bond acceptors (Lipinski definition) is 3. The van der Waals surface area contributed by atoms with Crippen molar-refractivity contribution in [1.82, 2.24) is 5.32 Å². The molecule has 0 aromatic carbocycles. The van der Waals surface area contributed by atoms with Gasteiger partial charge in [0.1, 0.15) is 6.04 Å². The monoisotopic (exact) mass is 184 g/mol. The molecule has 1 atom stereocenters. The quantitative estimate of drug-likeness (QED) is 0.544. The van der Waals surface area contributed by atoms with Crippen LogP contribution in [0.25, 0.3) is 0 Å². The number of carbonyl (C=O) groups is 1. The molecule has 1 fully saturated rings. The number of rotatable bonds is 3. The summed E-state index contributed by atoms with van der Waals surface area (Å²) in [6, 6.07) is -0.748. The molecule has 4 N–H and O–H groups in total. The molecule has 0 saturated carbocycles. The molecule has 0 aromatic rings. The van der Waals surface area contributed by atoms with Crippen LogP contribution in [0.2, 0.25) is 0 Å². The summed E-state index contributed by atoms with van der Waals surface area (Å²) in [6.07, 6.45) is 4.46. The summed E-state index contributed by atoms with van der Waals surface area (Å²) in [5, 5.41) is 11.8. The van der Waals surface area contributed by atoms with E-state index in [0.29, 0.717) is 6.42 Å². The summed E-state index contributed by atoms with van der Waals surface area (Å²) in [7, 11) is 0. The van der Waals surface area contributed by atoms with Gasteiger partial charge in [0.15, 0.2) is 0 Å². The SMILES string of the molecule is N[C@H](CC=C1CCNCC1)C(=O)O. The third-order valence-electron chi connectivity index (χ3n) is 2.22. The van der Waals surface area contributed by atoms with Gasteiger partial charge in [-0.25, -0.2) is 0 Å². The third kappa shape index (κ3) is 3.57. The molecular formula is C9H16N2O2. The van der Waals surface area contributed by atoms with Crippen LogP contribution in [0.3, 0.4) is 0 Å². The molecule has 1 saturated heterocycles. The van der Waals surface area contributed by atoms with Gasteiger partial charge in [0.2, 0.25) is 0 Å². The minimum Gasteiger partial charge on any atom is -0.480 e. The molecular weight excluding hydrogens is 168 g/mol. The Morgan fingerprint density at radius 2 is 2.23 bits per heavy atom. The molecule has 4 nitrogen and oxygen atoms in total. The minimum absolute atomic E-state index is 0.449. The smallest absolute Gasteiger partial charge is 0.320 e. The van der Waals surface area contributed by atoms with Gasteiger partial charge in [-0.1, -0.05) is 11.6 Å². The van der Waals surface area contributed by atoms with E-state index >= 15 is 0 Å². The maximum absolute atomic E-state index is 10.4. The summed E-state index contributed by atoms with van der Waals surface area (Å²) in [4.78, 5) is 10.4. The Bertz CT molecular complexity index is 206. The van der Waals surface area contributed by atoms with E-state index in [1.54, 1.807) is 0 Å². The van der Waals surface area contributed by atoms with Crippen LogP contribution in [0.4, 0.5) is 0 Å². The molecule has 1 heterocycles. The highest BCUT2D eigenvalue weighted by atomic mass is 16.4. The Kier molecular flexibility index (Phi) is 3.92. The van der Waals surface area contributed by atoms with E-state index in [4.69, 9.17) is 10.8 Å². The van der Waals surface area contributed by atoms with E-state index in [1.165, 1.54) is 5.57 Å². The van der Waals surface area contributed by atoms with Crippen LogP contribution < -0.4 is 11.1 Å². The summed E-state index contributed by atoms with van der Waals surface area (Å²) in [5.74, 6) is -0.925. The predicted octanol–water partition coefficient (Wildman–Crippen LogP) is 0.0982. The molecule has 13 heavy (non-hydrogen) atoms. The molecule has 1 rings (SSSR count). The van der Waals surface area contributed by atoms with Crippen LogP contribution >= 0.6 is 0 Å². The van der Waals surface area contributed by atoms with Crippen molar-refractivity contribution >= 4 is 5.97 Å². The topological polar surface area (TPSA) is 75.3 Å². The zero-order chi connectivity index (χ0) is 9.68. The first-order chi connectivity index (χ1) is 6.20. The molecule has 0 bridgehead atoms. The zero-order valence-corrected chi connectivity index (χ0v) is 7.62. The maximum Gasteiger partial charge on any atom is 0.320 e. The van der Waals surface area contributed by atoms with Crippen LogP contribution in [-0.4, -0.2) is 30.2 Å².